The molecule has 1 aliphatic heterocycles. The van der Waals surface area contributed by atoms with Crippen molar-refractivity contribution in [2.24, 2.45) is 5.92 Å². The third-order valence-corrected chi connectivity index (χ3v) is 2.15. The van der Waals surface area contributed by atoms with Gasteiger partial charge in [0.1, 0.15) is 6.04 Å². The van der Waals surface area contributed by atoms with Crippen molar-refractivity contribution >= 4 is 11.9 Å². The third-order valence-electron chi connectivity index (χ3n) is 2.15. The monoisotopic (exact) mass is 187 g/mol. The highest BCUT2D eigenvalue weighted by Crippen LogP contribution is 2.15. The molecule has 0 spiro atoms. The van der Waals surface area contributed by atoms with E-state index < -0.39 is 0 Å². The van der Waals surface area contributed by atoms with Crippen molar-refractivity contribution in [2.45, 2.75) is 12.5 Å². The van der Waals surface area contributed by atoms with Gasteiger partial charge in [-0.2, -0.15) is 0 Å². The van der Waals surface area contributed by atoms with Gasteiger partial charge in [0.15, 0.2) is 0 Å². The summed E-state index contributed by atoms with van der Waals surface area (Å²) < 4.78 is 9.11. The van der Waals surface area contributed by atoms with Crippen LogP contribution in [0.1, 0.15) is 6.42 Å². The molecule has 0 aromatic heterocycles. The number of methoxy groups -OCH3 is 2. The minimum atomic E-state index is -0.367. The van der Waals surface area contributed by atoms with Gasteiger partial charge in [-0.3, -0.25) is 9.59 Å². The number of hydrogen-bond donors (Lipinski definition) is 1. The van der Waals surface area contributed by atoms with Crippen LogP contribution in [0.4, 0.5) is 0 Å². The Bertz CT molecular complexity index is 194. The maximum atomic E-state index is 11.1. The average molecular weight is 187 g/mol. The number of ether oxygens (including phenoxy) is 2. The van der Waals surface area contributed by atoms with Gasteiger partial charge in [0, 0.05) is 6.54 Å². The molecule has 74 valence electrons. The van der Waals surface area contributed by atoms with Crippen LogP contribution in [0.15, 0.2) is 0 Å². The van der Waals surface area contributed by atoms with E-state index in [1.807, 2.05) is 0 Å². The predicted octanol–water partition coefficient (Wildman–Crippen LogP) is -0.690. The second kappa shape index (κ2) is 4.23. The lowest BCUT2D eigenvalue weighted by Gasteiger charge is -2.06. The topological polar surface area (TPSA) is 64.6 Å². The van der Waals surface area contributed by atoms with Gasteiger partial charge in [0.25, 0.3) is 0 Å². The van der Waals surface area contributed by atoms with Gasteiger partial charge in [0.05, 0.1) is 20.1 Å². The van der Waals surface area contributed by atoms with Crippen LogP contribution in [-0.4, -0.2) is 38.7 Å². The van der Waals surface area contributed by atoms with E-state index >= 15 is 0 Å². The molecule has 2 atom stereocenters. The van der Waals surface area contributed by atoms with Crippen LogP contribution in [-0.2, 0) is 19.1 Å². The summed E-state index contributed by atoms with van der Waals surface area (Å²) in [6.45, 7) is 0.479. The second-order valence-electron chi connectivity index (χ2n) is 2.94. The first-order valence-corrected chi connectivity index (χ1v) is 4.08. The Kier molecular flexibility index (Phi) is 3.25. The van der Waals surface area contributed by atoms with E-state index in [9.17, 15) is 9.59 Å². The Morgan fingerprint density at radius 3 is 2.38 bits per heavy atom. The molecule has 1 fully saturated rings. The minimum Gasteiger partial charge on any atom is -0.469 e. The van der Waals surface area contributed by atoms with Crippen LogP contribution in [0.5, 0.6) is 0 Å². The zero-order valence-electron chi connectivity index (χ0n) is 7.70. The Hall–Kier alpha value is -1.10. The average Bonchev–Trinajstić information content (AvgIpc) is 2.64. The fraction of sp³-hybridized carbons (Fsp3) is 0.750. The Balaban J connectivity index is 2.44. The molecular formula is C8H13NO4. The maximum Gasteiger partial charge on any atom is 0.322 e. The highest BCUT2D eigenvalue weighted by molar-refractivity contribution is 5.79. The first-order valence-electron chi connectivity index (χ1n) is 4.08. The molecule has 0 aromatic carbocycles. The number of nitrogens with one attached hydrogen (secondary N) is 1. The number of carbonyl (C=O) groups excluding carboxylic acids is 2. The molecule has 0 bridgehead atoms. The van der Waals surface area contributed by atoms with Gasteiger partial charge in [-0.25, -0.2) is 0 Å². The van der Waals surface area contributed by atoms with E-state index in [0.29, 0.717) is 13.0 Å². The largest absolute Gasteiger partial charge is 0.469 e. The van der Waals surface area contributed by atoms with Crippen LogP contribution in [0, 0.1) is 5.92 Å². The van der Waals surface area contributed by atoms with Crippen LogP contribution in [0.25, 0.3) is 0 Å². The molecule has 0 saturated carbocycles. The van der Waals surface area contributed by atoms with E-state index in [1.54, 1.807) is 0 Å². The van der Waals surface area contributed by atoms with Crippen molar-refractivity contribution in [2.75, 3.05) is 20.8 Å². The van der Waals surface area contributed by atoms with E-state index in [1.165, 1.54) is 14.2 Å². The van der Waals surface area contributed by atoms with Crippen molar-refractivity contribution < 1.29 is 19.1 Å². The van der Waals surface area contributed by atoms with Crippen LogP contribution in [0.2, 0.25) is 0 Å². The van der Waals surface area contributed by atoms with Gasteiger partial charge < -0.3 is 14.8 Å². The maximum absolute atomic E-state index is 11.1. The van der Waals surface area contributed by atoms with E-state index in [-0.39, 0.29) is 23.9 Å². The lowest BCUT2D eigenvalue weighted by atomic mass is 10.1. The quantitative estimate of drug-likeness (QED) is 0.580. The molecule has 0 aromatic rings. The molecule has 1 saturated heterocycles. The fourth-order valence-electron chi connectivity index (χ4n) is 1.40. The minimum absolute atomic E-state index is 0.228. The van der Waals surface area contributed by atoms with Crippen LogP contribution < -0.4 is 5.32 Å². The molecule has 0 aliphatic carbocycles. The number of hydrogen-bond acceptors (Lipinski definition) is 5. The van der Waals surface area contributed by atoms with E-state index in [2.05, 4.69) is 14.8 Å². The summed E-state index contributed by atoms with van der Waals surface area (Å²) >= 11 is 0. The van der Waals surface area contributed by atoms with Crippen molar-refractivity contribution in [3.05, 3.63) is 0 Å². The smallest absolute Gasteiger partial charge is 0.322 e. The highest BCUT2D eigenvalue weighted by atomic mass is 16.5. The summed E-state index contributed by atoms with van der Waals surface area (Å²) in [6.07, 6.45) is 0.458. The van der Waals surface area contributed by atoms with Gasteiger partial charge in [-0.1, -0.05) is 0 Å². The normalized spacial score (nSPS) is 26.9. The SMILES string of the molecule is COC(=O)[C@@H]1CN[C@H](C(=O)OC)C1. The first-order chi connectivity index (χ1) is 6.19. The molecule has 0 radical (unpaired) electrons. The number of esters is 2. The Morgan fingerprint density at radius 1 is 1.23 bits per heavy atom. The molecular weight excluding hydrogens is 174 g/mol. The zero-order valence-corrected chi connectivity index (χ0v) is 7.70. The molecule has 1 heterocycles. The summed E-state index contributed by atoms with van der Waals surface area (Å²) in [4.78, 5) is 22.1. The molecule has 5 heteroatoms. The molecule has 1 aliphatic rings. The predicted molar refractivity (Wildman–Crippen MR) is 43.9 cm³/mol. The van der Waals surface area contributed by atoms with Crippen LogP contribution in [0.3, 0.4) is 0 Å². The molecule has 0 unspecified atom stereocenters. The van der Waals surface area contributed by atoms with E-state index in [0.717, 1.165) is 0 Å². The summed E-state index contributed by atoms with van der Waals surface area (Å²) in [6, 6.07) is -0.367. The summed E-state index contributed by atoms with van der Waals surface area (Å²) in [5.74, 6) is -0.834. The van der Waals surface area contributed by atoms with Crippen molar-refractivity contribution in [1.29, 1.82) is 0 Å². The molecule has 13 heavy (non-hydrogen) atoms. The number of rotatable bonds is 2. The van der Waals surface area contributed by atoms with Crippen molar-refractivity contribution in [3.8, 4) is 0 Å². The molecule has 1 N–H and O–H groups in total. The number of carbonyl (C=O) groups is 2. The van der Waals surface area contributed by atoms with Crippen LogP contribution >= 0.6 is 0 Å². The zero-order chi connectivity index (χ0) is 9.84. The molecule has 5 nitrogen and oxygen atoms in total. The second-order valence-corrected chi connectivity index (χ2v) is 2.94. The standard InChI is InChI=1S/C8H13NO4/c1-12-7(10)5-3-6(9-4-5)8(11)13-2/h5-6,9H,3-4H2,1-2H3/t5-,6-/m0/s1. The highest BCUT2D eigenvalue weighted by Gasteiger charge is 2.34. The molecule has 0 amide bonds. The molecule has 1 rings (SSSR count). The fourth-order valence-corrected chi connectivity index (χ4v) is 1.40. The summed E-state index contributed by atoms with van der Waals surface area (Å²) in [7, 11) is 2.67. The first kappa shape index (κ1) is 9.98. The summed E-state index contributed by atoms with van der Waals surface area (Å²) in [5.41, 5.74) is 0. The van der Waals surface area contributed by atoms with E-state index in [4.69, 9.17) is 0 Å². The summed E-state index contributed by atoms with van der Waals surface area (Å²) in [5, 5.41) is 2.90. The van der Waals surface area contributed by atoms with Gasteiger partial charge in [0.2, 0.25) is 0 Å². The lowest BCUT2D eigenvalue weighted by molar-refractivity contribution is -0.145. The van der Waals surface area contributed by atoms with Gasteiger partial charge in [-0.05, 0) is 6.42 Å². The Labute approximate surface area is 76.4 Å². The van der Waals surface area contributed by atoms with Gasteiger partial charge in [-0.15, -0.1) is 0 Å². The third kappa shape index (κ3) is 2.18. The van der Waals surface area contributed by atoms with Crippen molar-refractivity contribution in [1.82, 2.24) is 5.32 Å². The van der Waals surface area contributed by atoms with Gasteiger partial charge >= 0.3 is 11.9 Å². The lowest BCUT2D eigenvalue weighted by Crippen LogP contribution is -2.31. The van der Waals surface area contributed by atoms with Crippen molar-refractivity contribution in [3.63, 3.8) is 0 Å². The Morgan fingerprint density at radius 2 is 1.85 bits per heavy atom.